The molecule has 66 heavy (non-hydrogen) atoms. The smallest absolute Gasteiger partial charge is 0.198 e. The number of nitrogens with one attached hydrogen (secondary N) is 1. The Morgan fingerprint density at radius 3 is 1.88 bits per heavy atom. The van der Waals surface area contributed by atoms with E-state index in [1.165, 1.54) is 75.3 Å². The molecular formula is C60H51BN2O2S. The lowest BCUT2D eigenvalue weighted by atomic mass is 9.58. The van der Waals surface area contributed by atoms with Crippen LogP contribution >= 0.6 is 11.3 Å². The van der Waals surface area contributed by atoms with Crippen LogP contribution in [0.3, 0.4) is 0 Å². The molecule has 12 aromatic rings. The highest BCUT2D eigenvalue weighted by Crippen LogP contribution is 2.50. The topological polar surface area (TPSA) is 43.2 Å². The number of furan rings is 2. The van der Waals surface area contributed by atoms with Crippen molar-refractivity contribution in [3.05, 3.63) is 150 Å². The molecule has 4 aromatic heterocycles. The molecule has 0 saturated heterocycles. The van der Waals surface area contributed by atoms with E-state index in [2.05, 4.69) is 206 Å². The molecule has 0 atom stereocenters. The Kier molecular flexibility index (Phi) is 8.05. The van der Waals surface area contributed by atoms with E-state index in [0.29, 0.717) is 0 Å². The fourth-order valence-corrected chi connectivity index (χ4v) is 12.0. The molecule has 1 aliphatic rings. The molecule has 6 heteroatoms. The first-order valence-electron chi connectivity index (χ1n) is 23.4. The number of thiophene rings is 1. The second kappa shape index (κ2) is 13.4. The summed E-state index contributed by atoms with van der Waals surface area (Å²) in [6.07, 6.45) is 0. The zero-order valence-corrected chi connectivity index (χ0v) is 39.9. The van der Waals surface area contributed by atoms with Gasteiger partial charge in [0.1, 0.15) is 22.3 Å². The van der Waals surface area contributed by atoms with Gasteiger partial charge in [0.05, 0.1) is 11.0 Å². The number of aromatic nitrogens is 1. The molecule has 0 aliphatic carbocycles. The lowest BCUT2D eigenvalue weighted by Gasteiger charge is -2.24. The third kappa shape index (κ3) is 5.76. The second-order valence-corrected chi connectivity index (χ2v) is 22.9. The van der Waals surface area contributed by atoms with E-state index < -0.39 is 0 Å². The van der Waals surface area contributed by atoms with Crippen LogP contribution in [0.25, 0.3) is 103 Å². The third-order valence-electron chi connectivity index (χ3n) is 14.5. The van der Waals surface area contributed by atoms with Crippen LogP contribution in [-0.2, 0) is 16.2 Å². The number of anilines is 2. The van der Waals surface area contributed by atoms with Gasteiger partial charge in [-0.2, -0.15) is 0 Å². The van der Waals surface area contributed by atoms with E-state index in [0.717, 1.165) is 73.7 Å². The van der Waals surface area contributed by atoms with Crippen molar-refractivity contribution in [1.29, 1.82) is 0 Å². The lowest BCUT2D eigenvalue weighted by Crippen LogP contribution is -2.37. The zero-order chi connectivity index (χ0) is 45.2. The average molecular weight is 875 g/mol. The summed E-state index contributed by atoms with van der Waals surface area (Å²) < 4.78 is 19.0. The van der Waals surface area contributed by atoms with E-state index in [1.54, 1.807) is 0 Å². The molecule has 13 rings (SSSR count). The summed E-state index contributed by atoms with van der Waals surface area (Å²) in [6, 6.07) is 49.9. The van der Waals surface area contributed by atoms with Gasteiger partial charge in [0, 0.05) is 86.7 Å². The SMILES string of the molecule is CC(C)(C)c1ccc(Nc2cc3sc4ccc(C(C)(C)C)cc4c3cc2-c2c3c4c(c5cc(C(C)(C)C)ccc5n4-c4cc5oc6ccccc6c5cc4B3)c3c2oc2ccccc23)cc1. The van der Waals surface area contributed by atoms with Crippen LogP contribution in [0.5, 0.6) is 0 Å². The fourth-order valence-electron chi connectivity index (χ4n) is 10.9. The molecule has 0 amide bonds. The number of rotatable bonds is 3. The van der Waals surface area contributed by atoms with Gasteiger partial charge in [0.25, 0.3) is 0 Å². The standard InChI is InChI=1S/C60H51BN2O2S/c1-58(2,3)32-18-22-35(23-19-32)62-44-30-51-40(39-26-34(60(7,8)9)21-25-50(39)66-51)28-41(44)54-55-56-52(53-37-15-11-13-17-48(37)65-57(53)54)42-27-33(59(4,5)6)20-24-45(42)63(56)46-31-49-38(29-43(46)61-55)36-14-10-12-16-47(36)64-49/h10-31,61-62H,1-9H3. The molecule has 4 nitrogen and oxygen atoms in total. The van der Waals surface area contributed by atoms with Gasteiger partial charge in [0.2, 0.25) is 0 Å². The second-order valence-electron chi connectivity index (χ2n) is 21.9. The maximum Gasteiger partial charge on any atom is 0.198 e. The summed E-state index contributed by atoms with van der Waals surface area (Å²) in [7, 11) is 0.725. The van der Waals surface area contributed by atoms with Crippen LogP contribution in [0.1, 0.15) is 79.0 Å². The lowest BCUT2D eigenvalue weighted by molar-refractivity contribution is 0.590. The third-order valence-corrected chi connectivity index (χ3v) is 15.6. The summed E-state index contributed by atoms with van der Waals surface area (Å²) in [4.78, 5) is 0. The highest BCUT2D eigenvalue weighted by atomic mass is 32.1. The van der Waals surface area contributed by atoms with Gasteiger partial charge in [-0.05, 0) is 99.1 Å². The molecule has 0 radical (unpaired) electrons. The first kappa shape index (κ1) is 39.6. The Labute approximate surface area is 389 Å². The minimum Gasteiger partial charge on any atom is -0.456 e. The summed E-state index contributed by atoms with van der Waals surface area (Å²) >= 11 is 1.87. The molecule has 1 aliphatic heterocycles. The van der Waals surface area contributed by atoms with Crippen LogP contribution in [-0.4, -0.2) is 11.8 Å². The minimum atomic E-state index is -0.0429. The number of fused-ring (bicyclic) bond motifs is 15. The van der Waals surface area contributed by atoms with Gasteiger partial charge in [-0.15, -0.1) is 11.3 Å². The molecule has 0 spiro atoms. The van der Waals surface area contributed by atoms with Crippen molar-refractivity contribution in [3.63, 3.8) is 0 Å². The van der Waals surface area contributed by atoms with Gasteiger partial charge < -0.3 is 18.7 Å². The Hall–Kier alpha value is -6.76. The predicted octanol–water partition coefficient (Wildman–Crippen LogP) is 16.0. The van der Waals surface area contributed by atoms with Crippen molar-refractivity contribution in [1.82, 2.24) is 4.57 Å². The molecule has 0 saturated carbocycles. The van der Waals surface area contributed by atoms with Crippen molar-refractivity contribution in [2.45, 2.75) is 78.6 Å². The average Bonchev–Trinajstić information content (AvgIpc) is 4.03. The van der Waals surface area contributed by atoms with Crippen LogP contribution in [0, 0.1) is 0 Å². The van der Waals surface area contributed by atoms with Gasteiger partial charge in [0.15, 0.2) is 7.28 Å². The van der Waals surface area contributed by atoms with Crippen molar-refractivity contribution in [2.75, 3.05) is 5.32 Å². The molecule has 1 N–H and O–H groups in total. The summed E-state index contributed by atoms with van der Waals surface area (Å²) in [5.41, 5.74) is 18.1. The molecular weight excluding hydrogens is 824 g/mol. The molecule has 8 aromatic carbocycles. The first-order chi connectivity index (χ1) is 31.6. The normalized spacial score (nSPS) is 13.3. The number of benzene rings is 8. The molecule has 0 bridgehead atoms. The summed E-state index contributed by atoms with van der Waals surface area (Å²) in [5, 5.41) is 13.6. The largest absolute Gasteiger partial charge is 0.456 e. The van der Waals surface area contributed by atoms with Gasteiger partial charge in [-0.3, -0.25) is 0 Å². The van der Waals surface area contributed by atoms with Gasteiger partial charge in [-0.25, -0.2) is 0 Å². The number of hydrogen-bond acceptors (Lipinski definition) is 4. The Balaban J connectivity index is 1.20. The van der Waals surface area contributed by atoms with Crippen LogP contribution in [0.2, 0.25) is 0 Å². The van der Waals surface area contributed by atoms with E-state index >= 15 is 0 Å². The summed E-state index contributed by atoms with van der Waals surface area (Å²) in [5.74, 6) is 0. The molecule has 5 heterocycles. The fraction of sp³-hybridized carbons (Fsp3) is 0.200. The highest BCUT2D eigenvalue weighted by molar-refractivity contribution is 7.25. The highest BCUT2D eigenvalue weighted by Gasteiger charge is 2.33. The van der Waals surface area contributed by atoms with Gasteiger partial charge >= 0.3 is 0 Å². The first-order valence-corrected chi connectivity index (χ1v) is 24.2. The van der Waals surface area contributed by atoms with E-state index in [9.17, 15) is 0 Å². The van der Waals surface area contributed by atoms with Crippen LogP contribution in [0.15, 0.2) is 142 Å². The maximum atomic E-state index is 7.33. The number of para-hydroxylation sites is 2. The van der Waals surface area contributed by atoms with E-state index in [1.807, 2.05) is 11.3 Å². The van der Waals surface area contributed by atoms with Crippen molar-refractivity contribution >= 4 is 127 Å². The van der Waals surface area contributed by atoms with Crippen molar-refractivity contribution in [3.8, 4) is 16.8 Å². The Morgan fingerprint density at radius 1 is 0.515 bits per heavy atom. The van der Waals surface area contributed by atoms with Crippen molar-refractivity contribution < 1.29 is 8.83 Å². The van der Waals surface area contributed by atoms with Gasteiger partial charge in [-0.1, -0.05) is 135 Å². The summed E-state index contributed by atoms with van der Waals surface area (Å²) in [6.45, 7) is 20.7. The Morgan fingerprint density at radius 2 is 1.15 bits per heavy atom. The maximum absolute atomic E-state index is 7.33. The number of hydrogen-bond donors (Lipinski definition) is 1. The molecule has 322 valence electrons. The molecule has 0 unspecified atom stereocenters. The zero-order valence-electron chi connectivity index (χ0n) is 39.1. The quantitative estimate of drug-likeness (QED) is 0.180. The van der Waals surface area contributed by atoms with E-state index in [-0.39, 0.29) is 16.2 Å². The van der Waals surface area contributed by atoms with Crippen LogP contribution in [0.4, 0.5) is 11.4 Å². The monoisotopic (exact) mass is 874 g/mol. The predicted molar refractivity (Wildman–Crippen MR) is 286 cm³/mol. The van der Waals surface area contributed by atoms with Crippen LogP contribution < -0.4 is 16.2 Å². The van der Waals surface area contributed by atoms with E-state index in [4.69, 9.17) is 8.83 Å². The Bertz CT molecular complexity index is 4040. The molecule has 0 fully saturated rings. The number of nitrogens with zero attached hydrogens (tertiary/aromatic N) is 1. The van der Waals surface area contributed by atoms with Crippen molar-refractivity contribution in [2.24, 2.45) is 0 Å². The minimum absolute atomic E-state index is 0.0149.